The minimum absolute atomic E-state index is 0.408. The van der Waals surface area contributed by atoms with Gasteiger partial charge in [-0.1, -0.05) is 0 Å². The third-order valence-electron chi connectivity index (χ3n) is 3.27. The monoisotopic (exact) mass is 338 g/mol. The summed E-state index contributed by atoms with van der Waals surface area (Å²) in [4.78, 5) is 24.9. The average Bonchev–Trinajstić information content (AvgIpc) is 3.13. The lowest BCUT2D eigenvalue weighted by atomic mass is 10.2. The first-order valence-corrected chi connectivity index (χ1v) is 8.22. The topological polar surface area (TPSA) is 71.1 Å². The summed E-state index contributed by atoms with van der Waals surface area (Å²) in [5, 5.41) is 0. The molecule has 0 fully saturated rings. The summed E-state index contributed by atoms with van der Waals surface area (Å²) in [5.74, 6) is 2.00. The number of ether oxygens (including phenoxy) is 4. The van der Waals surface area contributed by atoms with Crippen LogP contribution in [0.5, 0.6) is 23.0 Å². The fourth-order valence-corrected chi connectivity index (χ4v) is 4.53. The molecule has 0 amide bonds. The zero-order valence-electron chi connectivity index (χ0n) is 11.2. The Morgan fingerprint density at radius 2 is 1.00 bits per heavy atom. The molecule has 0 aromatic carbocycles. The molecule has 0 saturated heterocycles. The van der Waals surface area contributed by atoms with Crippen LogP contribution < -0.4 is 18.9 Å². The zero-order chi connectivity index (χ0) is 15.1. The Bertz CT molecular complexity index is 696. The third kappa shape index (κ3) is 1.91. The van der Waals surface area contributed by atoms with E-state index in [2.05, 4.69) is 0 Å². The Morgan fingerprint density at radius 1 is 0.636 bits per heavy atom. The van der Waals surface area contributed by atoms with Gasteiger partial charge in [0.2, 0.25) is 0 Å². The predicted octanol–water partition coefficient (Wildman–Crippen LogP) is 2.64. The fourth-order valence-electron chi connectivity index (χ4n) is 2.40. The second kappa shape index (κ2) is 5.29. The van der Waals surface area contributed by atoms with Crippen molar-refractivity contribution in [3.8, 4) is 32.8 Å². The van der Waals surface area contributed by atoms with Gasteiger partial charge in [-0.15, -0.1) is 22.7 Å². The molecule has 0 aliphatic carbocycles. The van der Waals surface area contributed by atoms with E-state index in [0.29, 0.717) is 59.2 Å². The van der Waals surface area contributed by atoms with Crippen molar-refractivity contribution in [1.29, 1.82) is 0 Å². The van der Waals surface area contributed by atoms with E-state index in [0.717, 1.165) is 22.3 Å². The SMILES string of the molecule is O=Cc1sc(-c2sc(C=O)c3c2OCCO3)c2c1OCCO2. The third-order valence-corrected chi connectivity index (χ3v) is 5.59. The van der Waals surface area contributed by atoms with Crippen LogP contribution in [-0.4, -0.2) is 39.0 Å². The number of rotatable bonds is 3. The first kappa shape index (κ1) is 13.6. The minimum Gasteiger partial charge on any atom is -0.485 e. The predicted molar refractivity (Wildman–Crippen MR) is 80.4 cm³/mol. The standard InChI is InChI=1S/C14H10O6S2/c15-5-7-9-11(19-3-1-17-9)13(21-7)14-12-10(8(6-16)22-14)18-2-4-20-12/h5-6H,1-4H2. The number of hydrogen-bond donors (Lipinski definition) is 0. The molecule has 22 heavy (non-hydrogen) atoms. The molecule has 0 saturated carbocycles. The molecule has 0 atom stereocenters. The molecule has 0 bridgehead atoms. The Hall–Kier alpha value is -2.06. The number of aldehydes is 2. The Balaban J connectivity index is 1.93. The van der Waals surface area contributed by atoms with Gasteiger partial charge >= 0.3 is 0 Å². The zero-order valence-corrected chi connectivity index (χ0v) is 12.9. The van der Waals surface area contributed by atoms with Crippen LogP contribution in [0, 0.1) is 0 Å². The van der Waals surface area contributed by atoms with Crippen molar-refractivity contribution in [2.45, 2.75) is 0 Å². The first-order chi connectivity index (χ1) is 10.8. The van der Waals surface area contributed by atoms with E-state index in [9.17, 15) is 9.59 Å². The van der Waals surface area contributed by atoms with Crippen molar-refractivity contribution >= 4 is 35.2 Å². The summed E-state index contributed by atoms with van der Waals surface area (Å²) >= 11 is 2.53. The molecule has 8 heteroatoms. The molecular formula is C14H10O6S2. The molecule has 4 rings (SSSR count). The highest BCUT2D eigenvalue weighted by Crippen LogP contribution is 2.56. The summed E-state index contributed by atoms with van der Waals surface area (Å²) in [7, 11) is 0. The van der Waals surface area contributed by atoms with Gasteiger partial charge in [-0.05, 0) is 0 Å². The normalized spacial score (nSPS) is 15.5. The Morgan fingerprint density at radius 3 is 1.36 bits per heavy atom. The molecule has 0 unspecified atom stereocenters. The molecule has 2 aromatic heterocycles. The smallest absolute Gasteiger partial charge is 0.183 e. The molecule has 2 aliphatic heterocycles. The van der Waals surface area contributed by atoms with E-state index in [-0.39, 0.29) is 0 Å². The Labute approximate surface area is 133 Å². The van der Waals surface area contributed by atoms with Gasteiger partial charge in [-0.3, -0.25) is 9.59 Å². The lowest BCUT2D eigenvalue weighted by Crippen LogP contribution is -2.16. The van der Waals surface area contributed by atoms with E-state index < -0.39 is 0 Å². The molecule has 6 nitrogen and oxygen atoms in total. The maximum atomic E-state index is 11.2. The quantitative estimate of drug-likeness (QED) is 0.801. The van der Waals surface area contributed by atoms with E-state index >= 15 is 0 Å². The largest absolute Gasteiger partial charge is 0.485 e. The molecule has 4 heterocycles. The molecule has 0 N–H and O–H groups in total. The number of thiophene rings is 2. The van der Waals surface area contributed by atoms with Gasteiger partial charge < -0.3 is 18.9 Å². The van der Waals surface area contributed by atoms with Gasteiger partial charge in [-0.25, -0.2) is 0 Å². The van der Waals surface area contributed by atoms with Crippen LogP contribution in [0.15, 0.2) is 0 Å². The average molecular weight is 338 g/mol. The van der Waals surface area contributed by atoms with Crippen LogP contribution in [0.3, 0.4) is 0 Å². The van der Waals surface area contributed by atoms with E-state index in [4.69, 9.17) is 18.9 Å². The van der Waals surface area contributed by atoms with Crippen LogP contribution >= 0.6 is 22.7 Å². The summed E-state index contributed by atoms with van der Waals surface area (Å²) < 4.78 is 22.4. The van der Waals surface area contributed by atoms with Gasteiger partial charge in [0.05, 0.1) is 9.75 Å². The van der Waals surface area contributed by atoms with Crippen molar-refractivity contribution in [1.82, 2.24) is 0 Å². The Kier molecular flexibility index (Phi) is 3.27. The summed E-state index contributed by atoms with van der Waals surface area (Å²) in [6, 6.07) is 0. The number of carbonyl (C=O) groups is 2. The fraction of sp³-hybridized carbons (Fsp3) is 0.286. The second-order valence-electron chi connectivity index (χ2n) is 4.54. The number of fused-ring (bicyclic) bond motifs is 2. The van der Waals surface area contributed by atoms with E-state index in [1.54, 1.807) is 0 Å². The van der Waals surface area contributed by atoms with Gasteiger partial charge in [0, 0.05) is 0 Å². The molecule has 0 radical (unpaired) electrons. The second-order valence-corrected chi connectivity index (χ2v) is 6.64. The van der Waals surface area contributed by atoms with Crippen LogP contribution in [0.2, 0.25) is 0 Å². The maximum absolute atomic E-state index is 11.2. The lowest BCUT2D eigenvalue weighted by molar-refractivity contribution is 0.110. The van der Waals surface area contributed by atoms with Gasteiger partial charge in [0.15, 0.2) is 35.6 Å². The first-order valence-electron chi connectivity index (χ1n) is 6.59. The highest BCUT2D eigenvalue weighted by Gasteiger charge is 2.32. The minimum atomic E-state index is 0.408. The van der Waals surface area contributed by atoms with Crippen molar-refractivity contribution in [2.75, 3.05) is 26.4 Å². The molecule has 0 spiro atoms. The van der Waals surface area contributed by atoms with Crippen LogP contribution in [0.25, 0.3) is 9.75 Å². The van der Waals surface area contributed by atoms with Gasteiger partial charge in [-0.2, -0.15) is 0 Å². The summed E-state index contributed by atoms with van der Waals surface area (Å²) in [6.07, 6.45) is 1.50. The van der Waals surface area contributed by atoms with Crippen LogP contribution in [0.1, 0.15) is 19.3 Å². The van der Waals surface area contributed by atoms with Crippen LogP contribution in [-0.2, 0) is 0 Å². The lowest BCUT2D eigenvalue weighted by Gasteiger charge is -2.18. The molecule has 2 aromatic rings. The molecular weight excluding hydrogens is 328 g/mol. The van der Waals surface area contributed by atoms with Crippen molar-refractivity contribution in [3.63, 3.8) is 0 Å². The van der Waals surface area contributed by atoms with Crippen LogP contribution in [0.4, 0.5) is 0 Å². The molecule has 114 valence electrons. The number of carbonyl (C=O) groups excluding carboxylic acids is 2. The van der Waals surface area contributed by atoms with E-state index in [1.807, 2.05) is 0 Å². The van der Waals surface area contributed by atoms with Crippen molar-refractivity contribution < 1.29 is 28.5 Å². The summed E-state index contributed by atoms with van der Waals surface area (Å²) in [5.41, 5.74) is 0. The highest BCUT2D eigenvalue weighted by molar-refractivity contribution is 7.24. The van der Waals surface area contributed by atoms with E-state index in [1.165, 1.54) is 22.7 Å². The maximum Gasteiger partial charge on any atom is 0.183 e. The number of hydrogen-bond acceptors (Lipinski definition) is 8. The molecule has 2 aliphatic rings. The highest BCUT2D eigenvalue weighted by atomic mass is 32.1. The van der Waals surface area contributed by atoms with Crippen molar-refractivity contribution in [3.05, 3.63) is 9.75 Å². The van der Waals surface area contributed by atoms with Gasteiger partial charge in [0.1, 0.15) is 36.2 Å². The summed E-state index contributed by atoms with van der Waals surface area (Å²) in [6.45, 7) is 1.65. The van der Waals surface area contributed by atoms with Gasteiger partial charge in [0.25, 0.3) is 0 Å². The van der Waals surface area contributed by atoms with Crippen molar-refractivity contribution in [2.24, 2.45) is 0 Å².